The molecule has 2 aromatic rings. The molecule has 0 bridgehead atoms. The van der Waals surface area contributed by atoms with Crippen LogP contribution < -0.4 is 0 Å². The maximum absolute atomic E-state index is 4.28. The number of hydrogen-bond acceptors (Lipinski definition) is 1. The molecular formula is C10H11BrN2. The van der Waals surface area contributed by atoms with Crippen molar-refractivity contribution in [2.24, 2.45) is 0 Å². The van der Waals surface area contributed by atoms with Crippen molar-refractivity contribution in [3.8, 4) is 0 Å². The van der Waals surface area contributed by atoms with Gasteiger partial charge < -0.3 is 0 Å². The van der Waals surface area contributed by atoms with Gasteiger partial charge in [-0.3, -0.25) is 0 Å². The zero-order chi connectivity index (χ0) is 9.42. The first-order valence-electron chi connectivity index (χ1n) is 4.31. The Morgan fingerprint density at radius 3 is 2.92 bits per heavy atom. The molecule has 0 fully saturated rings. The van der Waals surface area contributed by atoms with Crippen molar-refractivity contribution in [3.05, 3.63) is 34.6 Å². The van der Waals surface area contributed by atoms with E-state index in [-0.39, 0.29) is 0 Å². The molecule has 0 saturated heterocycles. The van der Waals surface area contributed by atoms with Crippen LogP contribution in [0.4, 0.5) is 0 Å². The van der Waals surface area contributed by atoms with Gasteiger partial charge in [0.15, 0.2) is 0 Å². The van der Waals surface area contributed by atoms with E-state index in [1.807, 2.05) is 23.0 Å². The summed E-state index contributed by atoms with van der Waals surface area (Å²) in [5.74, 6) is 0.520. The molecule has 13 heavy (non-hydrogen) atoms. The van der Waals surface area contributed by atoms with Gasteiger partial charge in [-0.25, -0.2) is 4.52 Å². The van der Waals surface area contributed by atoms with Gasteiger partial charge in [-0.1, -0.05) is 29.8 Å². The molecule has 2 heterocycles. The fraction of sp³-hybridized carbons (Fsp3) is 0.300. The first kappa shape index (κ1) is 8.75. The topological polar surface area (TPSA) is 17.3 Å². The van der Waals surface area contributed by atoms with Crippen molar-refractivity contribution in [1.82, 2.24) is 9.61 Å². The van der Waals surface area contributed by atoms with Gasteiger partial charge in [0, 0.05) is 16.2 Å². The first-order chi connectivity index (χ1) is 6.18. The lowest BCUT2D eigenvalue weighted by atomic mass is 10.1. The number of nitrogens with zero attached hydrogens (tertiary/aromatic N) is 2. The predicted molar refractivity (Wildman–Crippen MR) is 57.0 cm³/mol. The van der Waals surface area contributed by atoms with Gasteiger partial charge in [0.2, 0.25) is 0 Å². The van der Waals surface area contributed by atoms with Gasteiger partial charge in [0.25, 0.3) is 0 Å². The molecule has 0 amide bonds. The van der Waals surface area contributed by atoms with Crippen LogP contribution in [0.2, 0.25) is 0 Å². The Bertz CT molecular complexity index is 431. The number of pyridine rings is 1. The van der Waals surface area contributed by atoms with Crippen LogP contribution in [0.5, 0.6) is 0 Å². The lowest BCUT2D eigenvalue weighted by molar-refractivity contribution is 0.875. The summed E-state index contributed by atoms with van der Waals surface area (Å²) in [6.45, 7) is 4.36. The van der Waals surface area contributed by atoms with Crippen molar-refractivity contribution in [1.29, 1.82) is 0 Å². The first-order valence-corrected chi connectivity index (χ1v) is 5.10. The Labute approximate surface area is 85.7 Å². The van der Waals surface area contributed by atoms with Gasteiger partial charge in [-0.05, 0) is 18.1 Å². The summed E-state index contributed by atoms with van der Waals surface area (Å²) < 4.78 is 3.00. The third-order valence-corrected chi connectivity index (χ3v) is 2.63. The Kier molecular flexibility index (Phi) is 2.12. The largest absolute Gasteiger partial charge is 0.241 e. The van der Waals surface area contributed by atoms with Crippen molar-refractivity contribution < 1.29 is 0 Å². The lowest BCUT2D eigenvalue weighted by Gasteiger charge is -2.01. The minimum absolute atomic E-state index is 0.520. The Hall–Kier alpha value is -0.830. The van der Waals surface area contributed by atoms with E-state index < -0.39 is 0 Å². The summed E-state index contributed by atoms with van der Waals surface area (Å²) in [4.78, 5) is 0. The molecule has 0 saturated carbocycles. The lowest BCUT2D eigenvalue weighted by Crippen LogP contribution is -1.88. The molecule has 0 unspecified atom stereocenters. The van der Waals surface area contributed by atoms with Crippen LogP contribution in [0.3, 0.4) is 0 Å². The zero-order valence-electron chi connectivity index (χ0n) is 7.66. The van der Waals surface area contributed by atoms with Crippen molar-refractivity contribution >= 4 is 21.4 Å². The van der Waals surface area contributed by atoms with Crippen LogP contribution in [-0.2, 0) is 0 Å². The van der Waals surface area contributed by atoms with E-state index in [1.54, 1.807) is 0 Å². The van der Waals surface area contributed by atoms with Gasteiger partial charge in [0.05, 0.1) is 11.7 Å². The van der Waals surface area contributed by atoms with Gasteiger partial charge >= 0.3 is 0 Å². The average Bonchev–Trinajstić information content (AvgIpc) is 2.46. The molecule has 68 valence electrons. The van der Waals surface area contributed by atoms with E-state index in [1.165, 1.54) is 11.1 Å². The molecular weight excluding hydrogens is 228 g/mol. The number of fused-ring (bicyclic) bond motifs is 1. The monoisotopic (exact) mass is 238 g/mol. The molecule has 0 aliphatic heterocycles. The SMILES string of the molecule is CC(C)c1cnn2ccc(Br)cc12. The molecule has 0 aliphatic rings. The van der Waals surface area contributed by atoms with Gasteiger partial charge in [-0.15, -0.1) is 0 Å². The highest BCUT2D eigenvalue weighted by Crippen LogP contribution is 2.22. The normalized spacial score (nSPS) is 11.4. The number of hydrogen-bond donors (Lipinski definition) is 0. The second kappa shape index (κ2) is 3.14. The highest BCUT2D eigenvalue weighted by atomic mass is 79.9. The summed E-state index contributed by atoms with van der Waals surface area (Å²) in [5, 5.41) is 4.28. The molecule has 0 atom stereocenters. The van der Waals surface area contributed by atoms with Crippen LogP contribution in [0, 0.1) is 0 Å². The Morgan fingerprint density at radius 1 is 1.46 bits per heavy atom. The maximum atomic E-state index is 4.28. The zero-order valence-corrected chi connectivity index (χ0v) is 9.25. The minimum Gasteiger partial charge on any atom is -0.241 e. The highest BCUT2D eigenvalue weighted by Gasteiger charge is 2.07. The summed E-state index contributed by atoms with van der Waals surface area (Å²) in [6, 6.07) is 4.09. The van der Waals surface area contributed by atoms with Crippen molar-refractivity contribution in [3.63, 3.8) is 0 Å². The third-order valence-electron chi connectivity index (χ3n) is 2.14. The van der Waals surface area contributed by atoms with Crippen LogP contribution in [-0.4, -0.2) is 9.61 Å². The van der Waals surface area contributed by atoms with E-state index in [0.29, 0.717) is 5.92 Å². The molecule has 0 aromatic carbocycles. The minimum atomic E-state index is 0.520. The molecule has 3 heteroatoms. The highest BCUT2D eigenvalue weighted by molar-refractivity contribution is 9.10. The average molecular weight is 239 g/mol. The van der Waals surface area contributed by atoms with Crippen LogP contribution in [0.25, 0.3) is 5.52 Å². The number of halogens is 1. The third kappa shape index (κ3) is 1.48. The Balaban J connectivity index is 2.71. The second-order valence-corrected chi connectivity index (χ2v) is 4.35. The van der Waals surface area contributed by atoms with E-state index in [2.05, 4.69) is 40.9 Å². The van der Waals surface area contributed by atoms with E-state index in [9.17, 15) is 0 Å². The summed E-state index contributed by atoms with van der Waals surface area (Å²) in [6.07, 6.45) is 3.90. The van der Waals surface area contributed by atoms with Crippen molar-refractivity contribution in [2.45, 2.75) is 19.8 Å². The Morgan fingerprint density at radius 2 is 2.23 bits per heavy atom. The fourth-order valence-corrected chi connectivity index (χ4v) is 1.75. The summed E-state index contributed by atoms with van der Waals surface area (Å²) in [5.41, 5.74) is 2.48. The van der Waals surface area contributed by atoms with Crippen molar-refractivity contribution in [2.75, 3.05) is 0 Å². The molecule has 2 nitrogen and oxygen atoms in total. The molecule has 0 N–H and O–H groups in total. The fourth-order valence-electron chi connectivity index (χ4n) is 1.42. The van der Waals surface area contributed by atoms with Crippen LogP contribution >= 0.6 is 15.9 Å². The van der Waals surface area contributed by atoms with Crippen LogP contribution in [0.1, 0.15) is 25.3 Å². The van der Waals surface area contributed by atoms with Gasteiger partial charge in [-0.2, -0.15) is 5.10 Å². The molecule has 0 radical (unpaired) electrons. The smallest absolute Gasteiger partial charge is 0.0707 e. The number of rotatable bonds is 1. The second-order valence-electron chi connectivity index (χ2n) is 3.43. The standard InChI is InChI=1S/C10H11BrN2/c1-7(2)9-6-12-13-4-3-8(11)5-10(9)13/h3-7H,1-2H3. The predicted octanol–water partition coefficient (Wildman–Crippen LogP) is 3.22. The van der Waals surface area contributed by atoms with Gasteiger partial charge in [0.1, 0.15) is 0 Å². The summed E-state index contributed by atoms with van der Waals surface area (Å²) in [7, 11) is 0. The molecule has 0 spiro atoms. The number of aromatic nitrogens is 2. The van der Waals surface area contributed by atoms with E-state index in [4.69, 9.17) is 0 Å². The maximum Gasteiger partial charge on any atom is 0.0707 e. The quantitative estimate of drug-likeness (QED) is 0.746. The van der Waals surface area contributed by atoms with E-state index >= 15 is 0 Å². The van der Waals surface area contributed by atoms with Crippen LogP contribution in [0.15, 0.2) is 29.0 Å². The molecule has 0 aliphatic carbocycles. The molecule has 2 rings (SSSR count). The van der Waals surface area contributed by atoms with E-state index in [0.717, 1.165) is 4.47 Å². The summed E-state index contributed by atoms with van der Waals surface area (Å²) >= 11 is 3.46. The molecule has 2 aromatic heterocycles.